The zero-order chi connectivity index (χ0) is 14.9. The summed E-state index contributed by atoms with van der Waals surface area (Å²) in [5, 5.41) is 8.51. The molecule has 0 spiro atoms. The Balaban J connectivity index is -0.00000180. The van der Waals surface area contributed by atoms with Crippen molar-refractivity contribution in [1.29, 1.82) is 0 Å². The van der Waals surface area contributed by atoms with Gasteiger partial charge in [-0.1, -0.05) is 70.4 Å². The quantitative estimate of drug-likeness (QED) is 0.247. The number of carboxylic acids is 1. The second-order valence-corrected chi connectivity index (χ2v) is 5.73. The van der Waals surface area contributed by atoms with Crippen molar-refractivity contribution in [3.05, 3.63) is 12.2 Å². The molecule has 0 aromatic carbocycles. The van der Waals surface area contributed by atoms with E-state index in [2.05, 4.69) is 19.1 Å². The Bertz CT molecular complexity index is 245. The smallest absolute Gasteiger partial charge is 0.316 e. The summed E-state index contributed by atoms with van der Waals surface area (Å²) in [6.07, 6.45) is 21.2. The van der Waals surface area contributed by atoms with Crippen molar-refractivity contribution in [1.82, 2.24) is 0 Å². The van der Waals surface area contributed by atoms with E-state index in [-0.39, 0.29) is 40.1 Å². The summed E-state index contributed by atoms with van der Waals surface area (Å²) in [6.45, 7) is 2.26. The summed E-state index contributed by atoms with van der Waals surface area (Å²) in [4.78, 5) is 10.3. The van der Waals surface area contributed by atoms with Crippen molar-refractivity contribution >= 4 is 29.0 Å². The third-order valence-corrected chi connectivity index (χ3v) is 3.65. The molecular weight excluding hydrogens is 328 g/mol. The van der Waals surface area contributed by atoms with Gasteiger partial charge in [-0.2, -0.15) is 0 Å². The van der Waals surface area contributed by atoms with Gasteiger partial charge in [0, 0.05) is 23.5 Å². The number of hydrogen-bond donors (Lipinski definition) is 1. The zero-order valence-corrected chi connectivity index (χ0v) is 14.9. The molecule has 2 nitrogen and oxygen atoms in total. The van der Waals surface area contributed by atoms with Crippen molar-refractivity contribution in [3.63, 3.8) is 0 Å². The fourth-order valence-corrected chi connectivity index (χ4v) is 2.35. The number of allylic oxidation sites excluding steroid dienone is 2. The van der Waals surface area contributed by atoms with E-state index in [0.717, 1.165) is 12.8 Å². The molecule has 0 bridgehead atoms. The summed E-state index contributed by atoms with van der Waals surface area (Å²) in [7, 11) is 0. The van der Waals surface area contributed by atoms with Gasteiger partial charge in [0.2, 0.25) is 0 Å². The van der Waals surface area contributed by atoms with E-state index in [0.29, 0.717) is 6.42 Å². The Morgan fingerprint density at radius 1 is 0.773 bits per heavy atom. The minimum absolute atomic E-state index is 0. The van der Waals surface area contributed by atoms with Crippen LogP contribution in [0.5, 0.6) is 0 Å². The first-order valence-electron chi connectivity index (χ1n) is 8.64. The molecule has 0 aliphatic rings. The molecule has 0 heterocycles. The molecule has 0 unspecified atom stereocenters. The average molecular weight is 365 g/mol. The fourth-order valence-electron chi connectivity index (χ4n) is 2.35. The SMILES string of the molecule is CCCCCCCC/C=C\CCCCCCCC(=O)O.[Fe].[MgH2]. The summed E-state index contributed by atoms with van der Waals surface area (Å²) < 4.78 is 0. The normalized spacial score (nSPS) is 10.2. The van der Waals surface area contributed by atoms with Crippen LogP contribution in [0, 0.1) is 0 Å². The molecule has 130 valence electrons. The minimum Gasteiger partial charge on any atom is -0.481 e. The van der Waals surface area contributed by atoms with Gasteiger partial charge in [-0.25, -0.2) is 0 Å². The van der Waals surface area contributed by atoms with Crippen LogP contribution in [0.2, 0.25) is 0 Å². The average Bonchev–Trinajstić information content (AvgIpc) is 2.43. The third kappa shape index (κ3) is 25.4. The van der Waals surface area contributed by atoms with Crippen LogP contribution in [0.25, 0.3) is 0 Å². The fraction of sp³-hybridized carbons (Fsp3) is 0.833. The van der Waals surface area contributed by atoms with Crippen molar-refractivity contribution in [2.75, 3.05) is 0 Å². The van der Waals surface area contributed by atoms with E-state index in [1.807, 2.05) is 0 Å². The van der Waals surface area contributed by atoms with Gasteiger partial charge in [0.15, 0.2) is 0 Å². The van der Waals surface area contributed by atoms with Gasteiger partial charge in [-0.15, -0.1) is 0 Å². The first kappa shape index (κ1) is 27.3. The summed E-state index contributed by atoms with van der Waals surface area (Å²) in [5.74, 6) is -0.664. The topological polar surface area (TPSA) is 37.3 Å². The maximum Gasteiger partial charge on any atom is 0.316 e. The van der Waals surface area contributed by atoms with Gasteiger partial charge in [0.25, 0.3) is 0 Å². The summed E-state index contributed by atoms with van der Waals surface area (Å²) >= 11 is 0. The van der Waals surface area contributed by atoms with Crippen molar-refractivity contribution in [2.45, 2.75) is 96.8 Å². The van der Waals surface area contributed by atoms with Gasteiger partial charge in [0.05, 0.1) is 0 Å². The molecular formula is C18H36FeMgO2. The van der Waals surface area contributed by atoms with Crippen molar-refractivity contribution < 1.29 is 27.0 Å². The van der Waals surface area contributed by atoms with Crippen LogP contribution in [-0.4, -0.2) is 34.1 Å². The van der Waals surface area contributed by atoms with Crippen molar-refractivity contribution in [3.8, 4) is 0 Å². The van der Waals surface area contributed by atoms with Gasteiger partial charge in [-0.05, 0) is 32.1 Å². The van der Waals surface area contributed by atoms with Crippen LogP contribution in [0.3, 0.4) is 0 Å². The standard InChI is InChI=1S/C18H34O2.Fe.Mg.2H/c1-2-3-4-5-6-7-8-9-10-11-12-13-14-15-16-17-18(19)20;;;;/h9-10H,2-8,11-17H2,1H3,(H,19,20);;;;/b10-9-;;;;. The third-order valence-electron chi connectivity index (χ3n) is 3.65. The molecule has 4 heteroatoms. The monoisotopic (exact) mass is 364 g/mol. The molecule has 0 atom stereocenters. The van der Waals surface area contributed by atoms with Crippen LogP contribution < -0.4 is 0 Å². The van der Waals surface area contributed by atoms with Crippen molar-refractivity contribution in [2.24, 2.45) is 0 Å². The summed E-state index contributed by atoms with van der Waals surface area (Å²) in [6, 6.07) is 0. The maximum atomic E-state index is 10.3. The minimum atomic E-state index is -0.664. The molecule has 0 rings (SSSR count). The molecule has 0 aliphatic heterocycles. The second kappa shape index (κ2) is 23.8. The van der Waals surface area contributed by atoms with Gasteiger partial charge < -0.3 is 5.11 Å². The molecule has 0 amide bonds. The Hall–Kier alpha value is 0.496. The predicted octanol–water partition coefficient (Wildman–Crippen LogP) is 5.19. The molecule has 22 heavy (non-hydrogen) atoms. The Morgan fingerprint density at radius 2 is 1.18 bits per heavy atom. The molecule has 0 aliphatic carbocycles. The van der Waals surface area contributed by atoms with E-state index < -0.39 is 5.97 Å². The molecule has 0 fully saturated rings. The molecule has 0 aromatic rings. The van der Waals surface area contributed by atoms with Gasteiger partial charge in [0.1, 0.15) is 0 Å². The molecule has 0 saturated carbocycles. The Kier molecular flexibility index (Phi) is 29.5. The molecule has 0 saturated heterocycles. The van der Waals surface area contributed by atoms with Crippen LogP contribution in [-0.2, 0) is 21.9 Å². The number of aliphatic carboxylic acids is 1. The van der Waals surface area contributed by atoms with Gasteiger partial charge >= 0.3 is 29.0 Å². The molecule has 1 N–H and O–H groups in total. The Morgan fingerprint density at radius 3 is 1.64 bits per heavy atom. The Labute approximate surface area is 164 Å². The number of carbonyl (C=O) groups is 1. The van der Waals surface area contributed by atoms with E-state index in [4.69, 9.17) is 5.11 Å². The summed E-state index contributed by atoms with van der Waals surface area (Å²) in [5.41, 5.74) is 0. The molecule has 0 aromatic heterocycles. The zero-order valence-electron chi connectivity index (χ0n) is 13.8. The van der Waals surface area contributed by atoms with Crippen LogP contribution >= 0.6 is 0 Å². The molecule has 0 radical (unpaired) electrons. The number of rotatable bonds is 15. The first-order valence-corrected chi connectivity index (χ1v) is 8.64. The maximum absolute atomic E-state index is 10.3. The number of hydrogen-bond acceptors (Lipinski definition) is 1. The largest absolute Gasteiger partial charge is 0.481 e. The van der Waals surface area contributed by atoms with Crippen LogP contribution in [0.15, 0.2) is 12.2 Å². The van der Waals surface area contributed by atoms with Gasteiger partial charge in [-0.3, -0.25) is 4.79 Å². The van der Waals surface area contributed by atoms with E-state index in [1.165, 1.54) is 70.6 Å². The van der Waals surface area contributed by atoms with Crippen LogP contribution in [0.4, 0.5) is 0 Å². The predicted molar refractivity (Wildman–Crippen MR) is 95.6 cm³/mol. The number of carboxylic acid groups (broad SMARTS) is 1. The van der Waals surface area contributed by atoms with E-state index in [1.54, 1.807) is 0 Å². The first-order chi connectivity index (χ1) is 9.77. The number of unbranched alkanes of at least 4 members (excludes halogenated alkanes) is 11. The van der Waals surface area contributed by atoms with E-state index in [9.17, 15) is 4.79 Å². The van der Waals surface area contributed by atoms with E-state index >= 15 is 0 Å². The van der Waals surface area contributed by atoms with Crippen LogP contribution in [0.1, 0.15) is 96.8 Å². The second-order valence-electron chi connectivity index (χ2n) is 5.73.